The van der Waals surface area contributed by atoms with Crippen LogP contribution in [0.15, 0.2) is 30.3 Å². The average Bonchev–Trinajstić information content (AvgIpc) is 1.61. The standard InChI is InChI=1S/C66H101N15O21S2/c1-3-4-6-18-51(84)69-48-40-104-103-39-47(62(98)73-46(35-54(88)89)61(97)70-43(58(67)94)15-9-10-21-68-52(85)36-77-28-30-78(37-55(90)91)26-24-76(32-33-82)25-27-79(31-29-77)38-56(92)93)74-60(96)45(34-42-13-7-5-8-14-42)72-59(95)44(19-20-53(86)87)71-64(100)57(41(2)83)75-63(99)49-16-11-22-80(49)66(102)50-17-12-23-81(50)65(48)101/h5,7-8,13-14,33,41,43-50,57,83H,3-4,6,9-12,15-32,34-40H2,1-2H3,(H2,67,94)(H,68,85)(H,69,84)(H,70,97)(H,71,100)(H,72,95)(H,73,98)(H,74,96)(H,75,99)(H,86,87)(H,88,89)(H,90,91)(H,92,93)/t41-,43+,44+,45+,46+,47+,48+,49+,50+,57+/m1/s1. The number of unbranched alkanes of at least 4 members (excludes halogenated alkanes) is 3. The van der Waals surface area contributed by atoms with Gasteiger partial charge in [-0.15, -0.1) is 0 Å². The van der Waals surface area contributed by atoms with Crippen LogP contribution in [0.4, 0.5) is 0 Å². The van der Waals surface area contributed by atoms with Crippen molar-refractivity contribution in [3.63, 3.8) is 0 Å². The van der Waals surface area contributed by atoms with E-state index in [0.717, 1.165) is 28.0 Å². The number of amides is 11. The van der Waals surface area contributed by atoms with E-state index < -0.39 is 174 Å². The number of carboxylic acids is 4. The molecule has 1 aromatic rings. The van der Waals surface area contributed by atoms with Crippen molar-refractivity contribution >= 4 is 117 Å². The van der Waals surface area contributed by atoms with Crippen molar-refractivity contribution < 1.29 is 102 Å². The predicted octanol–water partition coefficient (Wildman–Crippen LogP) is -4.34. The van der Waals surface area contributed by atoms with E-state index in [1.807, 2.05) is 6.92 Å². The SMILES string of the molecule is CCCCCC(=O)N[C@H]1CSSC[C@@H](C(=O)N[C@@H](CC(=O)O)C(=O)N[C@@H](CCCCNC(=O)CN2CCN(CC(=O)O)CCN(CC=O)CCN(CC(=O)O)CC2)C(N)=O)NC(=O)[C@H](Cc2ccccc2)NC(=O)[C@H](CCC(=O)O)NC(=O)[C@H]([C@@H](C)O)NC(=O)[C@@H]2CCCN2C(=O)[C@@H]2CCCN2C1=O. The van der Waals surface area contributed by atoms with Gasteiger partial charge in [-0.05, 0) is 70.3 Å². The number of primary amides is 1. The molecular weight excluding hydrogens is 1400 g/mol. The zero-order valence-electron chi connectivity index (χ0n) is 58.7. The molecule has 0 saturated carbocycles. The van der Waals surface area contributed by atoms with Crippen molar-refractivity contribution in [3.05, 3.63) is 35.9 Å². The molecule has 104 heavy (non-hydrogen) atoms. The van der Waals surface area contributed by atoms with Crippen LogP contribution in [-0.2, 0) is 83.1 Å². The molecule has 15 N–H and O–H groups in total. The Balaban J connectivity index is 1.40. The smallest absolute Gasteiger partial charge is 0.317 e. The number of carbonyl (C=O) groups is 16. The van der Waals surface area contributed by atoms with Crippen LogP contribution in [0.3, 0.4) is 0 Å². The molecule has 4 saturated heterocycles. The van der Waals surface area contributed by atoms with Crippen LogP contribution in [0, 0.1) is 0 Å². The predicted molar refractivity (Wildman–Crippen MR) is 376 cm³/mol. The van der Waals surface area contributed by atoms with Crippen LogP contribution in [0.25, 0.3) is 0 Å². The van der Waals surface area contributed by atoms with Crippen LogP contribution >= 0.6 is 21.6 Å². The molecule has 38 heteroatoms. The number of hydrogen-bond acceptors (Lipinski definition) is 23. The number of aliphatic hydroxyl groups excluding tert-OH is 1. The van der Waals surface area contributed by atoms with Gasteiger partial charge in [0.05, 0.1) is 38.7 Å². The van der Waals surface area contributed by atoms with Crippen LogP contribution in [-0.4, -0.2) is 320 Å². The van der Waals surface area contributed by atoms with Gasteiger partial charge >= 0.3 is 23.9 Å². The fraction of sp³-hybridized carbons (Fsp3) is 0.667. The number of nitrogens with one attached hydrogen (secondary N) is 8. The van der Waals surface area contributed by atoms with Crippen LogP contribution < -0.4 is 48.3 Å². The lowest BCUT2D eigenvalue weighted by Gasteiger charge is -2.33. The number of carboxylic acid groups (broad SMARTS) is 4. The molecule has 1 aromatic carbocycles. The Kier molecular flexibility index (Phi) is 37.2. The molecule has 0 aromatic heterocycles. The summed E-state index contributed by atoms with van der Waals surface area (Å²) in [5.74, 6) is -15.7. The summed E-state index contributed by atoms with van der Waals surface area (Å²) in [5.41, 5.74) is 6.18. The minimum atomic E-state index is -1.98. The van der Waals surface area contributed by atoms with Gasteiger partial charge in [0.25, 0.3) is 0 Å². The van der Waals surface area contributed by atoms with E-state index in [1.54, 1.807) is 49.9 Å². The quantitative estimate of drug-likeness (QED) is 0.0190. The lowest BCUT2D eigenvalue weighted by Crippen LogP contribution is -2.62. The summed E-state index contributed by atoms with van der Waals surface area (Å²) in [5, 5.41) is 70.3. The Bertz CT molecular complexity index is 3110. The van der Waals surface area contributed by atoms with Crippen LogP contribution in [0.2, 0.25) is 0 Å². The van der Waals surface area contributed by atoms with Gasteiger partial charge in [0.15, 0.2) is 0 Å². The Morgan fingerprint density at radius 2 is 1.18 bits per heavy atom. The van der Waals surface area contributed by atoms with Gasteiger partial charge in [-0.3, -0.25) is 91.5 Å². The Hall–Kier alpha value is -8.56. The van der Waals surface area contributed by atoms with E-state index in [9.17, 15) is 102 Å². The zero-order valence-corrected chi connectivity index (χ0v) is 60.3. The maximum absolute atomic E-state index is 14.9. The van der Waals surface area contributed by atoms with Gasteiger partial charge in [-0.1, -0.05) is 71.7 Å². The second-order valence-electron chi connectivity index (χ2n) is 26.1. The number of hydrogen-bond donors (Lipinski definition) is 14. The number of benzene rings is 1. The fourth-order valence-corrected chi connectivity index (χ4v) is 14.6. The third-order valence-corrected chi connectivity index (χ3v) is 20.4. The van der Waals surface area contributed by atoms with Gasteiger partial charge in [-0.25, -0.2) is 0 Å². The number of fused-ring (bicyclic) bond motifs is 2. The molecule has 4 heterocycles. The first-order valence-electron chi connectivity index (χ1n) is 35.0. The average molecular weight is 1500 g/mol. The number of aliphatic carboxylic acids is 4. The topological polar surface area (TPSA) is 516 Å². The summed E-state index contributed by atoms with van der Waals surface area (Å²) < 4.78 is 0. The summed E-state index contributed by atoms with van der Waals surface area (Å²) in [6, 6.07) is -5.96. The minimum absolute atomic E-state index is 0.0443. The highest BCUT2D eigenvalue weighted by Crippen LogP contribution is 2.29. The highest BCUT2D eigenvalue weighted by atomic mass is 33.1. The van der Waals surface area contributed by atoms with Crippen LogP contribution in [0.5, 0.6) is 0 Å². The summed E-state index contributed by atoms with van der Waals surface area (Å²) >= 11 is 0. The van der Waals surface area contributed by atoms with Gasteiger partial charge in [0.1, 0.15) is 60.7 Å². The number of rotatable bonds is 31. The molecular formula is C66H101N15O21S2. The molecule has 0 bridgehead atoms. The lowest BCUT2D eigenvalue weighted by atomic mass is 10.0. The number of carbonyl (C=O) groups excluding carboxylic acids is 12. The van der Waals surface area contributed by atoms with Crippen molar-refractivity contribution in [2.45, 2.75) is 171 Å². The van der Waals surface area contributed by atoms with Gasteiger partial charge in [0.2, 0.25) is 65.0 Å². The molecule has 4 aliphatic rings. The molecule has 10 atom stereocenters. The first-order chi connectivity index (χ1) is 49.6. The van der Waals surface area contributed by atoms with Gasteiger partial charge in [0, 0.05) is 103 Å². The largest absolute Gasteiger partial charge is 0.481 e. The summed E-state index contributed by atoms with van der Waals surface area (Å²) in [7, 11) is 1.85. The van der Waals surface area contributed by atoms with Gasteiger partial charge < -0.3 is 88.4 Å². The van der Waals surface area contributed by atoms with Crippen molar-refractivity contribution in [1.29, 1.82) is 0 Å². The molecule has 36 nitrogen and oxygen atoms in total. The van der Waals surface area contributed by atoms with Crippen molar-refractivity contribution in [1.82, 2.24) is 71.9 Å². The molecule has 4 aliphatic heterocycles. The summed E-state index contributed by atoms with van der Waals surface area (Å²) in [6.45, 7) is 4.67. The normalized spacial score (nSPS) is 23.3. The minimum Gasteiger partial charge on any atom is -0.481 e. The third kappa shape index (κ3) is 29.9. The fourth-order valence-electron chi connectivity index (χ4n) is 12.3. The molecule has 578 valence electrons. The number of aldehydes is 1. The molecule has 0 unspecified atom stereocenters. The summed E-state index contributed by atoms with van der Waals surface area (Å²) in [6.07, 6.45) is -0.497. The highest BCUT2D eigenvalue weighted by Gasteiger charge is 2.45. The molecule has 0 radical (unpaired) electrons. The van der Waals surface area contributed by atoms with E-state index in [4.69, 9.17) is 5.73 Å². The van der Waals surface area contributed by atoms with E-state index in [2.05, 4.69) is 42.5 Å². The van der Waals surface area contributed by atoms with E-state index in [-0.39, 0.29) is 136 Å². The lowest BCUT2D eigenvalue weighted by molar-refractivity contribution is -0.148. The first kappa shape index (κ1) is 86.1. The number of aliphatic hydroxyl groups is 1. The highest BCUT2D eigenvalue weighted by molar-refractivity contribution is 8.76. The number of nitrogens with zero attached hydrogens (tertiary/aromatic N) is 6. The Morgan fingerprint density at radius 1 is 0.606 bits per heavy atom. The molecule has 5 rings (SSSR count). The molecule has 0 spiro atoms. The zero-order chi connectivity index (χ0) is 76.4. The van der Waals surface area contributed by atoms with E-state index in [0.29, 0.717) is 50.6 Å². The van der Waals surface area contributed by atoms with Gasteiger partial charge in [-0.2, -0.15) is 0 Å². The monoisotopic (exact) mass is 1500 g/mol. The molecule has 4 fully saturated rings. The maximum Gasteiger partial charge on any atom is 0.317 e. The van der Waals surface area contributed by atoms with E-state index >= 15 is 0 Å². The third-order valence-electron chi connectivity index (χ3n) is 18.0. The van der Waals surface area contributed by atoms with Crippen molar-refractivity contribution in [2.24, 2.45) is 5.73 Å². The Labute approximate surface area is 610 Å². The second kappa shape index (κ2) is 44.9. The maximum atomic E-state index is 14.9. The number of nitrogens with two attached hydrogens (primary N) is 1. The van der Waals surface area contributed by atoms with Crippen molar-refractivity contribution in [3.8, 4) is 0 Å². The second-order valence-corrected chi connectivity index (χ2v) is 28.7. The van der Waals surface area contributed by atoms with E-state index in [1.165, 1.54) is 16.7 Å². The Morgan fingerprint density at radius 3 is 1.76 bits per heavy atom. The first-order valence-corrected chi connectivity index (χ1v) is 37.5. The van der Waals surface area contributed by atoms with Crippen molar-refractivity contribution in [2.75, 3.05) is 110 Å². The summed E-state index contributed by atoms with van der Waals surface area (Å²) in [4.78, 5) is 225. The van der Waals surface area contributed by atoms with Crippen LogP contribution in [0.1, 0.15) is 109 Å². The molecule has 0 aliphatic carbocycles. The molecule has 11 amide bonds.